The molecule has 0 aliphatic carbocycles. The summed E-state index contributed by atoms with van der Waals surface area (Å²) in [6.45, 7) is 12.5. The Bertz CT molecular complexity index is 2710. The zero-order valence-electron chi connectivity index (χ0n) is 72.1. The first-order valence-electron chi connectivity index (χ1n) is 41.7. The monoisotopic (exact) mass is 1780 g/mol. The summed E-state index contributed by atoms with van der Waals surface area (Å²) in [6.07, 6.45) is 8.53. The molecule has 0 aliphatic heterocycles. The molecule has 0 fully saturated rings. The van der Waals surface area contributed by atoms with Gasteiger partial charge >= 0.3 is 29.6 Å². The van der Waals surface area contributed by atoms with Crippen LogP contribution in [0.4, 0.5) is 4.79 Å². The molecule has 2 amide bonds. The van der Waals surface area contributed by atoms with Gasteiger partial charge in [0.2, 0.25) is 5.91 Å². The number of phosphoric acid groups is 3. The average Bonchev–Trinajstić information content (AvgIpc) is 0.836. The average molecular weight is 1780 g/mol. The Balaban J connectivity index is 5.55. The van der Waals surface area contributed by atoms with Crippen LogP contribution in [0, 0.1) is 34.0 Å². The van der Waals surface area contributed by atoms with Crippen molar-refractivity contribution in [1.29, 1.82) is 15.8 Å². The van der Waals surface area contributed by atoms with Gasteiger partial charge in [-0.25, -0.2) is 18.5 Å². The standard InChI is InChI=1S/C79H140N5O33P3/c1-70(85)23-10-7-13-40-108-118(93,111-43-20-33-80)114-64-61-102-58-55-99-52-49-96-37-17-26-73(88)30-46-105-67-79(84-76(91)29-16-36-83-77(92)117-78(4,5)6,68-106-47-31-74(89)27-18-38-97-50-53-100-56-59-103-62-65-115-119(94,112-44-21-34-81)109-41-14-8-11-24-71(2)86)69-107-48-32-75(90)28-19-39-98-51-54-101-57-60-104-63-66-116-120(95,113-45-22-35-82)110-42-15-9-12-25-72(3)87/h7-32,36-69H2,1-6H3,(H,83,92)(H,84,91). The summed E-state index contributed by atoms with van der Waals surface area (Å²) >= 11 is 0. The van der Waals surface area contributed by atoms with Gasteiger partial charge in [-0.05, 0) is 106 Å². The molecule has 0 radical (unpaired) electrons. The number of alkyl carbamates (subject to hydrolysis) is 1. The van der Waals surface area contributed by atoms with Gasteiger partial charge in [0.25, 0.3) is 0 Å². The van der Waals surface area contributed by atoms with Gasteiger partial charge in [0.05, 0.1) is 236 Å². The normalized spacial score (nSPS) is 13.6. The number of nitriles is 3. The number of nitrogens with zero attached hydrogens (tertiary/aromatic N) is 3. The Hall–Kier alpha value is -4.92. The van der Waals surface area contributed by atoms with E-state index in [4.69, 9.17) is 118 Å². The van der Waals surface area contributed by atoms with E-state index in [9.17, 15) is 52.1 Å². The van der Waals surface area contributed by atoms with Gasteiger partial charge in [0.15, 0.2) is 0 Å². The zero-order chi connectivity index (χ0) is 88.6. The lowest BCUT2D eigenvalue weighted by atomic mass is 10.0. The van der Waals surface area contributed by atoms with Crippen molar-refractivity contribution < 1.29 is 154 Å². The van der Waals surface area contributed by atoms with Gasteiger partial charge in [0.1, 0.15) is 45.8 Å². The number of rotatable bonds is 92. The topological polar surface area (TPSA) is 486 Å². The second-order valence-electron chi connectivity index (χ2n) is 28.3. The summed E-state index contributed by atoms with van der Waals surface area (Å²) in [6, 6.07) is 5.73. The summed E-state index contributed by atoms with van der Waals surface area (Å²) in [7, 11) is -11.8. The molecule has 2 N–H and O–H groups in total. The molecule has 0 aromatic carbocycles. The predicted octanol–water partition coefficient (Wildman–Crippen LogP) is 11.2. The molecule has 0 aromatic rings. The van der Waals surface area contributed by atoms with Gasteiger partial charge in [-0.3, -0.25) is 59.9 Å². The molecule has 0 heterocycles. The number of ether oxygens (including phenoxy) is 13. The number of hydrogen-bond donors (Lipinski definition) is 2. The van der Waals surface area contributed by atoms with Crippen LogP contribution < -0.4 is 10.6 Å². The lowest BCUT2D eigenvalue weighted by Crippen LogP contribution is -2.58. The SMILES string of the molecule is CC(=O)CCCCCOP(=O)(OCCC#N)OCCOCCOCCOCCCC(=O)CCOCC(COCCC(=O)CCCOCCOCCOCCOP(=O)(OCCC#N)OCCCCCC(C)=O)(COCCC(=O)CCCOCCOCCOCCOP(=O)(OCCC#N)OCCCCCC(C)=O)NC(=O)CCCNC(=O)OC(C)(C)C. The molecule has 3 atom stereocenters. The molecule has 3 unspecified atom stereocenters. The van der Waals surface area contributed by atoms with Crippen LogP contribution in [-0.4, -0.2) is 282 Å². The molecule has 0 aromatic heterocycles. The van der Waals surface area contributed by atoms with Gasteiger partial charge in [-0.15, -0.1) is 0 Å². The first kappa shape index (κ1) is 115. The first-order valence-corrected chi connectivity index (χ1v) is 46.1. The van der Waals surface area contributed by atoms with Crippen LogP contribution in [0.1, 0.15) is 208 Å². The largest absolute Gasteiger partial charge is 0.474 e. The van der Waals surface area contributed by atoms with Crippen LogP contribution in [0.5, 0.6) is 0 Å². The number of amides is 2. The molecule has 41 heteroatoms. The molecule has 38 nitrogen and oxygen atoms in total. The molecule has 694 valence electrons. The van der Waals surface area contributed by atoms with Crippen molar-refractivity contribution in [3.8, 4) is 18.2 Å². The minimum absolute atomic E-state index is 0.00178. The lowest BCUT2D eigenvalue weighted by Gasteiger charge is -2.34. The Kier molecular flexibility index (Phi) is 75.5. The fourth-order valence-electron chi connectivity index (χ4n) is 9.88. The maximum atomic E-state index is 13.8. The van der Waals surface area contributed by atoms with Gasteiger partial charge < -0.3 is 86.6 Å². The maximum absolute atomic E-state index is 13.8. The summed E-state index contributed by atoms with van der Waals surface area (Å²) < 4.78 is 161. The molecule has 0 bridgehead atoms. The van der Waals surface area contributed by atoms with E-state index in [-0.39, 0.29) is 330 Å². The molecular weight excluding hydrogens is 1640 g/mol. The van der Waals surface area contributed by atoms with E-state index in [2.05, 4.69) is 10.6 Å². The number of unbranched alkanes of at least 4 members (excludes halogenated alkanes) is 6. The Morgan fingerprint density at radius 3 is 0.825 bits per heavy atom. The van der Waals surface area contributed by atoms with Gasteiger partial charge in [0, 0.05) is 90.6 Å². The summed E-state index contributed by atoms with van der Waals surface area (Å²) in [5.41, 5.74) is -2.14. The molecule has 120 heavy (non-hydrogen) atoms. The van der Waals surface area contributed by atoms with E-state index in [1.807, 2.05) is 18.2 Å². The Morgan fingerprint density at radius 1 is 0.283 bits per heavy atom. The number of carbonyl (C=O) groups is 8. The first-order chi connectivity index (χ1) is 57.7. The third kappa shape index (κ3) is 77.9. The fourth-order valence-corrected chi connectivity index (χ4v) is 13.4. The Labute approximate surface area is 710 Å². The lowest BCUT2D eigenvalue weighted by molar-refractivity contribution is -0.130. The molecule has 0 saturated heterocycles. The number of phosphoric ester groups is 3. The Morgan fingerprint density at radius 2 is 0.550 bits per heavy atom. The van der Waals surface area contributed by atoms with Crippen molar-refractivity contribution in [2.75, 3.05) is 225 Å². The second kappa shape index (κ2) is 78.8. The molecular formula is C79H140N5O33P3. The maximum Gasteiger partial charge on any atom is 0.474 e. The number of ketones is 6. The van der Waals surface area contributed by atoms with Crippen LogP contribution >= 0.6 is 23.5 Å². The predicted molar refractivity (Wildman–Crippen MR) is 435 cm³/mol. The van der Waals surface area contributed by atoms with Crippen LogP contribution in [0.2, 0.25) is 0 Å². The summed E-state index contributed by atoms with van der Waals surface area (Å²) in [5.74, 6) is -0.511. The van der Waals surface area contributed by atoms with Crippen molar-refractivity contribution >= 4 is 70.2 Å². The number of nitrogens with one attached hydrogen (secondary N) is 2. The van der Waals surface area contributed by atoms with E-state index in [1.54, 1.807) is 20.8 Å². The third-order valence-corrected chi connectivity index (χ3v) is 20.4. The number of carbonyl (C=O) groups excluding carboxylic acids is 8. The quantitative estimate of drug-likeness (QED) is 0.0422. The minimum Gasteiger partial charge on any atom is -0.444 e. The van der Waals surface area contributed by atoms with E-state index < -0.39 is 46.6 Å². The molecule has 0 rings (SSSR count). The van der Waals surface area contributed by atoms with E-state index in [0.29, 0.717) is 96.3 Å². The minimum atomic E-state index is -3.93. The fraction of sp³-hybridized carbons (Fsp3) is 0.861. The third-order valence-electron chi connectivity index (χ3n) is 15.9. The van der Waals surface area contributed by atoms with Crippen molar-refractivity contribution in [2.24, 2.45) is 0 Å². The highest BCUT2D eigenvalue weighted by molar-refractivity contribution is 7.49. The number of hydrogen-bond acceptors (Lipinski definition) is 36. The van der Waals surface area contributed by atoms with Crippen molar-refractivity contribution in [3.63, 3.8) is 0 Å². The molecule has 0 spiro atoms. The van der Waals surface area contributed by atoms with Crippen molar-refractivity contribution in [2.45, 2.75) is 220 Å². The zero-order valence-corrected chi connectivity index (χ0v) is 74.8. The van der Waals surface area contributed by atoms with E-state index in [1.165, 1.54) is 20.8 Å². The van der Waals surface area contributed by atoms with Crippen LogP contribution in [0.15, 0.2) is 0 Å². The highest BCUT2D eigenvalue weighted by Crippen LogP contribution is 2.51. The molecule has 0 saturated carbocycles. The van der Waals surface area contributed by atoms with Crippen LogP contribution in [0.25, 0.3) is 0 Å². The molecule has 0 aliphatic rings. The highest BCUT2D eigenvalue weighted by Gasteiger charge is 2.35. The highest BCUT2D eigenvalue weighted by atomic mass is 31.2. The van der Waals surface area contributed by atoms with Gasteiger partial charge in [-0.1, -0.05) is 19.3 Å². The smallest absolute Gasteiger partial charge is 0.444 e. The van der Waals surface area contributed by atoms with Gasteiger partial charge in [-0.2, -0.15) is 15.8 Å². The van der Waals surface area contributed by atoms with Crippen LogP contribution in [0.3, 0.4) is 0 Å². The summed E-state index contributed by atoms with van der Waals surface area (Å²) in [4.78, 5) is 99.1. The van der Waals surface area contributed by atoms with Crippen molar-refractivity contribution in [1.82, 2.24) is 10.6 Å². The van der Waals surface area contributed by atoms with E-state index >= 15 is 0 Å². The van der Waals surface area contributed by atoms with E-state index in [0.717, 1.165) is 0 Å². The number of Topliss-reactive ketones (excluding diaryl/α,β-unsaturated/α-hetero) is 6. The van der Waals surface area contributed by atoms with Crippen molar-refractivity contribution in [3.05, 3.63) is 0 Å². The summed E-state index contributed by atoms with van der Waals surface area (Å²) in [5, 5.41) is 32.2. The second-order valence-corrected chi connectivity index (χ2v) is 33.3. The van der Waals surface area contributed by atoms with Crippen LogP contribution in [-0.2, 0) is 150 Å².